The highest BCUT2D eigenvalue weighted by Gasteiger charge is 2.30. The van der Waals surface area contributed by atoms with Crippen molar-refractivity contribution >= 4 is 21.8 Å². The Balaban J connectivity index is 1.62. The van der Waals surface area contributed by atoms with Crippen molar-refractivity contribution in [1.82, 2.24) is 4.90 Å². The smallest absolute Gasteiger partial charge is 0.255 e. The van der Waals surface area contributed by atoms with Crippen LogP contribution in [0, 0.1) is 5.92 Å². The maximum Gasteiger partial charge on any atom is 0.255 e. The third-order valence-corrected chi connectivity index (χ3v) is 4.79. The summed E-state index contributed by atoms with van der Waals surface area (Å²) in [4.78, 5) is 14.5. The van der Waals surface area contributed by atoms with Crippen LogP contribution in [0.2, 0.25) is 0 Å². The van der Waals surface area contributed by atoms with Gasteiger partial charge in [-0.1, -0.05) is 0 Å². The Morgan fingerprint density at radius 2 is 2.19 bits per heavy atom. The summed E-state index contributed by atoms with van der Waals surface area (Å²) in [5, 5.41) is 0. The third-order valence-electron chi connectivity index (χ3n) is 4.10. The average Bonchev–Trinajstić information content (AvgIpc) is 3.21. The van der Waals surface area contributed by atoms with Crippen molar-refractivity contribution in [3.63, 3.8) is 0 Å². The molecule has 3 rings (SSSR count). The van der Waals surface area contributed by atoms with E-state index < -0.39 is 0 Å². The van der Waals surface area contributed by atoms with E-state index in [1.54, 1.807) is 13.2 Å². The first-order valence-corrected chi connectivity index (χ1v) is 8.21. The third kappa shape index (κ3) is 3.58. The number of likely N-dealkylation sites (tertiary alicyclic amines) is 1. The second-order valence-electron chi connectivity index (χ2n) is 5.78. The summed E-state index contributed by atoms with van der Waals surface area (Å²) in [6.07, 6.45) is 3.72. The molecule has 0 aromatic heterocycles. The molecule has 1 aliphatic carbocycles. The number of ether oxygens (including phenoxy) is 2. The largest absolute Gasteiger partial charge is 0.497 e. The summed E-state index contributed by atoms with van der Waals surface area (Å²) in [7, 11) is 1.61. The predicted octanol–water partition coefficient (Wildman–Crippen LogP) is 3.10. The summed E-state index contributed by atoms with van der Waals surface area (Å²) >= 11 is 3.45. The molecule has 0 N–H and O–H groups in total. The second kappa shape index (κ2) is 6.36. The van der Waals surface area contributed by atoms with Crippen LogP contribution in [0.25, 0.3) is 0 Å². The van der Waals surface area contributed by atoms with E-state index in [0.29, 0.717) is 17.9 Å². The minimum Gasteiger partial charge on any atom is -0.497 e. The lowest BCUT2D eigenvalue weighted by atomic mass is 10.2. The van der Waals surface area contributed by atoms with Crippen LogP contribution in [0.1, 0.15) is 29.6 Å². The lowest BCUT2D eigenvalue weighted by molar-refractivity contribution is 0.0480. The van der Waals surface area contributed by atoms with Crippen LogP contribution >= 0.6 is 15.9 Å². The van der Waals surface area contributed by atoms with Crippen molar-refractivity contribution in [2.75, 3.05) is 26.8 Å². The highest BCUT2D eigenvalue weighted by Crippen LogP contribution is 2.30. The summed E-state index contributed by atoms with van der Waals surface area (Å²) < 4.78 is 11.9. The molecule has 1 saturated heterocycles. The number of methoxy groups -OCH3 is 1. The molecule has 1 heterocycles. The first kappa shape index (κ1) is 14.9. The molecule has 1 aromatic carbocycles. The topological polar surface area (TPSA) is 38.8 Å². The van der Waals surface area contributed by atoms with Crippen LogP contribution in [0.15, 0.2) is 22.7 Å². The van der Waals surface area contributed by atoms with Gasteiger partial charge in [0.05, 0.1) is 18.8 Å². The van der Waals surface area contributed by atoms with E-state index in [4.69, 9.17) is 9.47 Å². The zero-order chi connectivity index (χ0) is 14.8. The van der Waals surface area contributed by atoms with Gasteiger partial charge >= 0.3 is 0 Å². The number of amides is 1. The van der Waals surface area contributed by atoms with E-state index in [9.17, 15) is 4.79 Å². The molecule has 0 bridgehead atoms. The number of nitrogens with zero attached hydrogens (tertiary/aromatic N) is 1. The molecule has 0 radical (unpaired) electrons. The van der Waals surface area contributed by atoms with Gasteiger partial charge in [-0.2, -0.15) is 0 Å². The molecule has 5 heteroatoms. The quantitative estimate of drug-likeness (QED) is 0.816. The van der Waals surface area contributed by atoms with Crippen molar-refractivity contribution in [3.05, 3.63) is 28.2 Å². The molecule has 1 unspecified atom stereocenters. The summed E-state index contributed by atoms with van der Waals surface area (Å²) in [6, 6.07) is 5.47. The Hall–Kier alpha value is -1.07. The average molecular weight is 354 g/mol. The van der Waals surface area contributed by atoms with Crippen LogP contribution in [0.4, 0.5) is 0 Å². The lowest BCUT2D eigenvalue weighted by Gasteiger charge is -2.18. The monoisotopic (exact) mass is 353 g/mol. The van der Waals surface area contributed by atoms with E-state index in [0.717, 1.165) is 30.0 Å². The highest BCUT2D eigenvalue weighted by atomic mass is 79.9. The zero-order valence-electron chi connectivity index (χ0n) is 12.2. The SMILES string of the molecule is COc1ccc(Br)c(C(=O)N2CCC(OCC3CC3)C2)c1. The van der Waals surface area contributed by atoms with Gasteiger partial charge in [-0.25, -0.2) is 0 Å². The minimum atomic E-state index is 0.0401. The van der Waals surface area contributed by atoms with Gasteiger partial charge in [-0.15, -0.1) is 0 Å². The van der Waals surface area contributed by atoms with E-state index in [2.05, 4.69) is 15.9 Å². The predicted molar refractivity (Wildman–Crippen MR) is 83.7 cm³/mol. The molecule has 4 nitrogen and oxygen atoms in total. The fraction of sp³-hybridized carbons (Fsp3) is 0.562. The van der Waals surface area contributed by atoms with Crippen LogP contribution in [0.5, 0.6) is 5.75 Å². The molecule has 1 atom stereocenters. The fourth-order valence-corrected chi connectivity index (χ4v) is 2.99. The maximum atomic E-state index is 12.6. The van der Waals surface area contributed by atoms with Crippen molar-refractivity contribution in [1.29, 1.82) is 0 Å². The number of benzene rings is 1. The number of carbonyl (C=O) groups excluding carboxylic acids is 1. The second-order valence-corrected chi connectivity index (χ2v) is 6.64. The number of hydrogen-bond acceptors (Lipinski definition) is 3. The number of carbonyl (C=O) groups is 1. The number of rotatable bonds is 5. The van der Waals surface area contributed by atoms with Gasteiger partial charge in [0.15, 0.2) is 0 Å². The van der Waals surface area contributed by atoms with Gasteiger partial charge < -0.3 is 14.4 Å². The van der Waals surface area contributed by atoms with Gasteiger partial charge in [0.2, 0.25) is 0 Å². The Kier molecular flexibility index (Phi) is 4.50. The van der Waals surface area contributed by atoms with Crippen LogP contribution in [-0.4, -0.2) is 43.7 Å². The molecule has 1 amide bonds. The van der Waals surface area contributed by atoms with Gasteiger partial charge in [0.1, 0.15) is 5.75 Å². The fourth-order valence-electron chi connectivity index (χ4n) is 2.57. The van der Waals surface area contributed by atoms with Gasteiger partial charge in [-0.3, -0.25) is 4.79 Å². The molecular formula is C16H20BrNO3. The Labute approximate surface area is 133 Å². The van der Waals surface area contributed by atoms with Gasteiger partial charge in [0.25, 0.3) is 5.91 Å². The summed E-state index contributed by atoms with van der Waals surface area (Å²) in [5.74, 6) is 1.50. The minimum absolute atomic E-state index is 0.0401. The maximum absolute atomic E-state index is 12.6. The molecule has 0 spiro atoms. The Bertz CT molecular complexity index is 530. The Morgan fingerprint density at radius 3 is 2.90 bits per heavy atom. The first-order valence-electron chi connectivity index (χ1n) is 7.42. The van der Waals surface area contributed by atoms with E-state index in [1.165, 1.54) is 12.8 Å². The van der Waals surface area contributed by atoms with Crippen molar-refractivity contribution in [3.8, 4) is 5.75 Å². The van der Waals surface area contributed by atoms with Gasteiger partial charge in [0, 0.05) is 24.2 Å². The van der Waals surface area contributed by atoms with Crippen molar-refractivity contribution in [2.45, 2.75) is 25.4 Å². The lowest BCUT2D eigenvalue weighted by Crippen LogP contribution is -2.30. The highest BCUT2D eigenvalue weighted by molar-refractivity contribution is 9.10. The van der Waals surface area contributed by atoms with E-state index in [1.807, 2.05) is 17.0 Å². The summed E-state index contributed by atoms with van der Waals surface area (Å²) in [5.41, 5.74) is 0.650. The van der Waals surface area contributed by atoms with E-state index >= 15 is 0 Å². The molecule has 1 saturated carbocycles. The molecule has 21 heavy (non-hydrogen) atoms. The summed E-state index contributed by atoms with van der Waals surface area (Å²) in [6.45, 7) is 2.31. The molecule has 1 aliphatic heterocycles. The Morgan fingerprint density at radius 1 is 1.38 bits per heavy atom. The molecule has 114 valence electrons. The van der Waals surface area contributed by atoms with E-state index in [-0.39, 0.29) is 12.0 Å². The van der Waals surface area contributed by atoms with Gasteiger partial charge in [-0.05, 0) is 59.3 Å². The molecule has 2 aliphatic rings. The number of halogens is 1. The van der Waals surface area contributed by atoms with Crippen molar-refractivity contribution < 1.29 is 14.3 Å². The zero-order valence-corrected chi connectivity index (χ0v) is 13.8. The van der Waals surface area contributed by atoms with Crippen molar-refractivity contribution in [2.24, 2.45) is 5.92 Å². The standard InChI is InChI=1S/C16H20BrNO3/c1-20-12-4-5-15(17)14(8-12)16(19)18-7-6-13(9-18)21-10-11-2-3-11/h4-5,8,11,13H,2-3,6-7,9-10H2,1H3. The first-order chi connectivity index (χ1) is 10.2. The molecule has 1 aromatic rings. The normalized spacial score (nSPS) is 21.6. The molecular weight excluding hydrogens is 334 g/mol. The van der Waals surface area contributed by atoms with Crippen LogP contribution < -0.4 is 4.74 Å². The van der Waals surface area contributed by atoms with Crippen LogP contribution in [-0.2, 0) is 4.74 Å². The van der Waals surface area contributed by atoms with Crippen LogP contribution in [0.3, 0.4) is 0 Å². The molecule has 2 fully saturated rings. The number of hydrogen-bond donors (Lipinski definition) is 0.